The molecule has 3 aromatic carbocycles. The maximum Gasteiger partial charge on any atom is 0.189 e. The van der Waals surface area contributed by atoms with Crippen LogP contribution in [0.5, 0.6) is 11.5 Å². The van der Waals surface area contributed by atoms with Crippen molar-refractivity contribution in [3.63, 3.8) is 0 Å². The quantitative estimate of drug-likeness (QED) is 0.422. The molecule has 0 atom stereocenters. The molecule has 0 amide bonds. The Morgan fingerprint density at radius 3 is 2.61 bits per heavy atom. The summed E-state index contributed by atoms with van der Waals surface area (Å²) < 4.78 is 11.5. The van der Waals surface area contributed by atoms with Gasteiger partial charge in [-0.2, -0.15) is 0 Å². The molecule has 0 saturated carbocycles. The standard InChI is InChI=1S/C25H22O3/c1-25(2)15-14-21-23(27-3)13-11-20(24(21)28-25)22(26)12-9-17-8-10-18-6-4-5-7-19(18)16-17/h4-16H,1-3H3/b12-9+. The molecule has 0 aromatic heterocycles. The number of fused-ring (bicyclic) bond motifs is 2. The minimum atomic E-state index is -0.476. The largest absolute Gasteiger partial charge is 0.496 e. The topological polar surface area (TPSA) is 35.5 Å². The molecule has 1 aliphatic rings. The Hall–Kier alpha value is -3.33. The fraction of sp³-hybridized carbons (Fsp3) is 0.160. The third-order valence-electron chi connectivity index (χ3n) is 4.86. The van der Waals surface area contributed by atoms with Crippen LogP contribution in [-0.2, 0) is 0 Å². The fourth-order valence-electron chi connectivity index (χ4n) is 3.38. The minimum absolute atomic E-state index is 0.0989. The third-order valence-corrected chi connectivity index (χ3v) is 4.86. The van der Waals surface area contributed by atoms with Crippen molar-refractivity contribution in [2.75, 3.05) is 7.11 Å². The molecule has 3 aromatic rings. The summed E-state index contributed by atoms with van der Waals surface area (Å²) in [5, 5.41) is 2.33. The van der Waals surface area contributed by atoms with Crippen LogP contribution >= 0.6 is 0 Å². The minimum Gasteiger partial charge on any atom is -0.496 e. The monoisotopic (exact) mass is 370 g/mol. The first-order valence-electron chi connectivity index (χ1n) is 9.27. The number of allylic oxidation sites excluding steroid dienone is 1. The number of methoxy groups -OCH3 is 1. The Morgan fingerprint density at radius 1 is 1.04 bits per heavy atom. The number of hydrogen-bond donors (Lipinski definition) is 0. The number of carbonyl (C=O) groups excluding carboxylic acids is 1. The maximum atomic E-state index is 12.9. The smallest absolute Gasteiger partial charge is 0.189 e. The molecule has 0 spiro atoms. The van der Waals surface area contributed by atoms with Gasteiger partial charge in [0.15, 0.2) is 5.78 Å². The molecule has 0 fully saturated rings. The Labute approximate surface area is 164 Å². The van der Waals surface area contributed by atoms with Crippen molar-refractivity contribution in [3.8, 4) is 11.5 Å². The van der Waals surface area contributed by atoms with Crippen molar-refractivity contribution in [3.05, 3.63) is 83.4 Å². The molecule has 3 nitrogen and oxygen atoms in total. The Balaban J connectivity index is 1.68. The van der Waals surface area contributed by atoms with E-state index in [2.05, 4.69) is 24.3 Å². The second-order valence-corrected chi connectivity index (χ2v) is 7.40. The van der Waals surface area contributed by atoms with E-state index in [1.807, 2.05) is 56.3 Å². The van der Waals surface area contributed by atoms with Gasteiger partial charge in [-0.25, -0.2) is 0 Å². The van der Waals surface area contributed by atoms with Crippen molar-refractivity contribution in [2.45, 2.75) is 19.4 Å². The van der Waals surface area contributed by atoms with Gasteiger partial charge in [-0.05, 0) is 66.6 Å². The molecule has 0 saturated heterocycles. The zero-order valence-electron chi connectivity index (χ0n) is 16.2. The summed E-state index contributed by atoms with van der Waals surface area (Å²) in [5.74, 6) is 1.16. The van der Waals surface area contributed by atoms with E-state index in [4.69, 9.17) is 9.47 Å². The van der Waals surface area contributed by atoms with Gasteiger partial charge in [0, 0.05) is 0 Å². The van der Waals surface area contributed by atoms with Gasteiger partial charge in [-0.1, -0.05) is 42.5 Å². The van der Waals surface area contributed by atoms with Crippen LogP contribution < -0.4 is 9.47 Å². The van der Waals surface area contributed by atoms with E-state index in [1.54, 1.807) is 19.3 Å². The van der Waals surface area contributed by atoms with Crippen molar-refractivity contribution in [1.29, 1.82) is 0 Å². The van der Waals surface area contributed by atoms with Crippen LogP contribution in [0.2, 0.25) is 0 Å². The molecular weight excluding hydrogens is 348 g/mol. The van der Waals surface area contributed by atoms with Crippen molar-refractivity contribution < 1.29 is 14.3 Å². The molecule has 1 aliphatic heterocycles. The lowest BCUT2D eigenvalue weighted by Crippen LogP contribution is -2.28. The lowest BCUT2D eigenvalue weighted by Gasteiger charge is -2.29. The average molecular weight is 370 g/mol. The first-order valence-corrected chi connectivity index (χ1v) is 9.27. The number of ketones is 1. The zero-order chi connectivity index (χ0) is 19.7. The highest BCUT2D eigenvalue weighted by Crippen LogP contribution is 2.39. The number of rotatable bonds is 4. The van der Waals surface area contributed by atoms with Crippen LogP contribution in [0.3, 0.4) is 0 Å². The molecule has 28 heavy (non-hydrogen) atoms. The average Bonchev–Trinajstić information content (AvgIpc) is 2.70. The van der Waals surface area contributed by atoms with Crippen LogP contribution in [0.25, 0.3) is 22.9 Å². The van der Waals surface area contributed by atoms with Gasteiger partial charge < -0.3 is 9.47 Å². The summed E-state index contributed by atoms with van der Waals surface area (Å²) in [7, 11) is 1.62. The van der Waals surface area contributed by atoms with Crippen LogP contribution in [0.15, 0.2) is 66.7 Å². The van der Waals surface area contributed by atoms with E-state index in [0.29, 0.717) is 17.1 Å². The van der Waals surface area contributed by atoms with E-state index in [0.717, 1.165) is 16.5 Å². The van der Waals surface area contributed by atoms with Crippen LogP contribution in [0.4, 0.5) is 0 Å². The molecule has 140 valence electrons. The second kappa shape index (κ2) is 7.01. The highest BCUT2D eigenvalue weighted by atomic mass is 16.5. The summed E-state index contributed by atoms with van der Waals surface area (Å²) >= 11 is 0. The number of ether oxygens (including phenoxy) is 2. The van der Waals surface area contributed by atoms with Gasteiger partial charge in [-0.3, -0.25) is 4.79 Å². The van der Waals surface area contributed by atoms with E-state index in [9.17, 15) is 4.79 Å². The molecule has 3 heteroatoms. The molecule has 0 radical (unpaired) electrons. The molecule has 4 rings (SSSR count). The predicted molar refractivity (Wildman–Crippen MR) is 114 cm³/mol. The van der Waals surface area contributed by atoms with Gasteiger partial charge in [0.2, 0.25) is 0 Å². The van der Waals surface area contributed by atoms with Gasteiger partial charge in [-0.15, -0.1) is 0 Å². The van der Waals surface area contributed by atoms with Crippen molar-refractivity contribution >= 4 is 28.7 Å². The van der Waals surface area contributed by atoms with Crippen molar-refractivity contribution in [2.24, 2.45) is 0 Å². The molecule has 1 heterocycles. The summed E-state index contributed by atoms with van der Waals surface area (Å²) in [6.07, 6.45) is 7.37. The highest BCUT2D eigenvalue weighted by Gasteiger charge is 2.27. The normalized spacial score (nSPS) is 14.7. The maximum absolute atomic E-state index is 12.9. The lowest BCUT2D eigenvalue weighted by atomic mass is 9.97. The van der Waals surface area contributed by atoms with Gasteiger partial charge in [0.25, 0.3) is 0 Å². The summed E-state index contributed by atoms with van der Waals surface area (Å²) in [5.41, 5.74) is 1.84. The van der Waals surface area contributed by atoms with Crippen molar-refractivity contribution in [1.82, 2.24) is 0 Å². The number of benzene rings is 3. The molecule has 0 N–H and O–H groups in total. The Bertz CT molecular complexity index is 1120. The lowest BCUT2D eigenvalue weighted by molar-refractivity contribution is 0.103. The van der Waals surface area contributed by atoms with E-state index in [-0.39, 0.29) is 5.78 Å². The Kier molecular flexibility index (Phi) is 4.52. The van der Waals surface area contributed by atoms with E-state index >= 15 is 0 Å². The molecule has 0 bridgehead atoms. The number of carbonyl (C=O) groups is 1. The SMILES string of the molecule is COc1ccc(C(=O)/C=C/c2ccc3ccccc3c2)c2c1C=CC(C)(C)O2. The fourth-order valence-corrected chi connectivity index (χ4v) is 3.38. The van der Waals surface area contributed by atoms with Gasteiger partial charge >= 0.3 is 0 Å². The highest BCUT2D eigenvalue weighted by molar-refractivity contribution is 6.09. The summed E-state index contributed by atoms with van der Waals surface area (Å²) in [6.45, 7) is 3.93. The van der Waals surface area contributed by atoms with E-state index < -0.39 is 5.60 Å². The van der Waals surface area contributed by atoms with Crippen LogP contribution in [0.1, 0.15) is 35.3 Å². The van der Waals surface area contributed by atoms with Gasteiger partial charge in [0.1, 0.15) is 17.1 Å². The molecular formula is C25H22O3. The molecule has 0 aliphatic carbocycles. The Morgan fingerprint density at radius 2 is 1.82 bits per heavy atom. The van der Waals surface area contributed by atoms with E-state index in [1.165, 1.54) is 5.39 Å². The summed E-state index contributed by atoms with van der Waals surface area (Å²) in [4.78, 5) is 12.9. The first kappa shape index (κ1) is 18.1. The molecule has 0 unspecified atom stereocenters. The second-order valence-electron chi connectivity index (χ2n) is 7.40. The summed E-state index contributed by atoms with van der Waals surface area (Å²) in [6, 6.07) is 17.9. The van der Waals surface area contributed by atoms with Crippen LogP contribution in [0, 0.1) is 0 Å². The first-order chi connectivity index (χ1) is 13.5. The predicted octanol–water partition coefficient (Wildman–Crippen LogP) is 5.93. The zero-order valence-corrected chi connectivity index (χ0v) is 16.2. The van der Waals surface area contributed by atoms with Crippen LogP contribution in [-0.4, -0.2) is 18.5 Å². The van der Waals surface area contributed by atoms with Gasteiger partial charge in [0.05, 0.1) is 18.2 Å². The number of hydrogen-bond acceptors (Lipinski definition) is 3. The third kappa shape index (κ3) is 3.44.